The molecule has 5 nitrogen and oxygen atoms in total. The number of halogens is 1. The molecule has 2 aromatic carbocycles. The third-order valence-corrected chi connectivity index (χ3v) is 5.22. The summed E-state index contributed by atoms with van der Waals surface area (Å²) in [5.41, 5.74) is 2.00. The molecule has 1 aliphatic rings. The first-order valence-corrected chi connectivity index (χ1v) is 9.33. The Balaban J connectivity index is 1.51. The van der Waals surface area contributed by atoms with Crippen LogP contribution in [0.4, 0.5) is 10.1 Å². The maximum Gasteiger partial charge on any atom is 0.278 e. The van der Waals surface area contributed by atoms with Gasteiger partial charge in [0.25, 0.3) is 5.91 Å². The predicted octanol–water partition coefficient (Wildman–Crippen LogP) is 1.24. The highest BCUT2D eigenvalue weighted by molar-refractivity contribution is 5.79. The van der Waals surface area contributed by atoms with Crippen molar-refractivity contribution in [3.63, 3.8) is 0 Å². The number of piperazine rings is 1. The van der Waals surface area contributed by atoms with Gasteiger partial charge in [-0.25, -0.2) is 4.39 Å². The van der Waals surface area contributed by atoms with Crippen LogP contribution in [0, 0.1) is 5.82 Å². The van der Waals surface area contributed by atoms with Crippen molar-refractivity contribution in [3.05, 3.63) is 59.9 Å². The Hall–Kier alpha value is -2.60. The first-order chi connectivity index (χ1) is 13.1. The summed E-state index contributed by atoms with van der Waals surface area (Å²) in [4.78, 5) is 16.1. The van der Waals surface area contributed by atoms with Gasteiger partial charge in [-0.05, 0) is 36.8 Å². The summed E-state index contributed by atoms with van der Waals surface area (Å²) in [5, 5.41) is 2.96. The molecule has 6 heteroatoms. The molecule has 27 heavy (non-hydrogen) atoms. The van der Waals surface area contributed by atoms with Crippen LogP contribution >= 0.6 is 0 Å². The minimum Gasteiger partial charge on any atom is -0.495 e. The van der Waals surface area contributed by atoms with Crippen molar-refractivity contribution >= 4 is 11.6 Å². The Kier molecular flexibility index (Phi) is 6.29. The number of carbonyl (C=O) groups is 1. The number of hydrogen-bond donors (Lipinski definition) is 2. The van der Waals surface area contributed by atoms with Crippen LogP contribution in [0.2, 0.25) is 0 Å². The number of amides is 1. The van der Waals surface area contributed by atoms with Crippen LogP contribution in [0.15, 0.2) is 48.5 Å². The number of methoxy groups -OCH3 is 1. The lowest BCUT2D eigenvalue weighted by Gasteiger charge is -2.36. The van der Waals surface area contributed by atoms with Gasteiger partial charge in [-0.15, -0.1) is 0 Å². The van der Waals surface area contributed by atoms with Crippen LogP contribution in [-0.4, -0.2) is 45.2 Å². The van der Waals surface area contributed by atoms with Gasteiger partial charge in [-0.2, -0.15) is 0 Å². The molecule has 0 saturated carbocycles. The predicted molar refractivity (Wildman–Crippen MR) is 104 cm³/mol. The monoisotopic (exact) mass is 372 g/mol. The standard InChI is InChI=1S/C21H26FN3O2/c1-16(21(26)23-15-17-7-9-18(22)10-8-17)24-11-13-25(14-12-24)19-5-3-4-6-20(19)27-2/h3-10,16H,11-15H2,1-2H3,(H,23,26)/p+1/t16-/m0/s1. The number of ether oxygens (including phenoxy) is 1. The van der Waals surface area contributed by atoms with Gasteiger partial charge in [-0.1, -0.05) is 24.3 Å². The molecule has 1 heterocycles. The van der Waals surface area contributed by atoms with Gasteiger partial charge in [0, 0.05) is 6.54 Å². The van der Waals surface area contributed by atoms with Crippen molar-refractivity contribution in [1.82, 2.24) is 5.32 Å². The number of nitrogens with zero attached hydrogens (tertiary/aromatic N) is 1. The highest BCUT2D eigenvalue weighted by atomic mass is 19.1. The SMILES string of the molecule is COc1ccccc1N1CC[NH+]([C@@H](C)C(=O)NCc2ccc(F)cc2)CC1. The number of para-hydroxylation sites is 2. The van der Waals surface area contributed by atoms with E-state index in [9.17, 15) is 9.18 Å². The number of quaternary nitrogens is 1. The molecular weight excluding hydrogens is 345 g/mol. The minimum atomic E-state index is -0.268. The number of hydrogen-bond acceptors (Lipinski definition) is 3. The first kappa shape index (κ1) is 19.2. The number of rotatable bonds is 6. The summed E-state index contributed by atoms with van der Waals surface area (Å²) in [5.74, 6) is 0.641. The molecule has 1 atom stereocenters. The van der Waals surface area contributed by atoms with Crippen LogP contribution in [-0.2, 0) is 11.3 Å². The van der Waals surface area contributed by atoms with E-state index in [4.69, 9.17) is 4.74 Å². The Bertz CT molecular complexity index is 758. The fourth-order valence-corrected chi connectivity index (χ4v) is 3.49. The lowest BCUT2D eigenvalue weighted by atomic mass is 10.1. The van der Waals surface area contributed by atoms with E-state index in [1.807, 2.05) is 25.1 Å². The van der Waals surface area contributed by atoms with Crippen molar-refractivity contribution in [2.24, 2.45) is 0 Å². The lowest BCUT2D eigenvalue weighted by molar-refractivity contribution is -0.914. The maximum absolute atomic E-state index is 13.0. The summed E-state index contributed by atoms with van der Waals surface area (Å²) in [6, 6.07) is 14.1. The van der Waals surface area contributed by atoms with E-state index in [1.54, 1.807) is 19.2 Å². The van der Waals surface area contributed by atoms with E-state index < -0.39 is 0 Å². The lowest BCUT2D eigenvalue weighted by Crippen LogP contribution is -3.19. The average molecular weight is 372 g/mol. The van der Waals surface area contributed by atoms with Crippen molar-refractivity contribution in [3.8, 4) is 5.75 Å². The molecule has 0 radical (unpaired) electrons. The van der Waals surface area contributed by atoms with E-state index in [1.165, 1.54) is 17.0 Å². The van der Waals surface area contributed by atoms with Gasteiger partial charge in [-0.3, -0.25) is 4.79 Å². The molecule has 1 amide bonds. The smallest absolute Gasteiger partial charge is 0.278 e. The van der Waals surface area contributed by atoms with Gasteiger partial charge < -0.3 is 19.9 Å². The third kappa shape index (κ3) is 4.77. The van der Waals surface area contributed by atoms with Crippen molar-refractivity contribution in [2.75, 3.05) is 38.2 Å². The van der Waals surface area contributed by atoms with E-state index >= 15 is 0 Å². The van der Waals surface area contributed by atoms with Gasteiger partial charge in [0.1, 0.15) is 11.6 Å². The quantitative estimate of drug-likeness (QED) is 0.802. The van der Waals surface area contributed by atoms with E-state index in [-0.39, 0.29) is 17.8 Å². The average Bonchev–Trinajstić information content (AvgIpc) is 2.72. The summed E-state index contributed by atoms with van der Waals surface area (Å²) < 4.78 is 18.4. The minimum absolute atomic E-state index is 0.0278. The first-order valence-electron chi connectivity index (χ1n) is 9.33. The number of carbonyl (C=O) groups excluding carboxylic acids is 1. The number of benzene rings is 2. The molecule has 1 fully saturated rings. The van der Waals surface area contributed by atoms with Gasteiger partial charge >= 0.3 is 0 Å². The van der Waals surface area contributed by atoms with Gasteiger partial charge in [0.05, 0.1) is 39.0 Å². The zero-order valence-electron chi connectivity index (χ0n) is 15.9. The van der Waals surface area contributed by atoms with Crippen molar-refractivity contribution < 1.29 is 18.8 Å². The van der Waals surface area contributed by atoms with Crippen molar-refractivity contribution in [1.29, 1.82) is 0 Å². The molecule has 0 unspecified atom stereocenters. The van der Waals surface area contributed by atoms with Crippen LogP contribution in [0.3, 0.4) is 0 Å². The highest BCUT2D eigenvalue weighted by Crippen LogP contribution is 2.27. The summed E-state index contributed by atoms with van der Waals surface area (Å²) in [6.07, 6.45) is 0. The fraction of sp³-hybridized carbons (Fsp3) is 0.381. The topological polar surface area (TPSA) is 46.0 Å². The molecular formula is C21H27FN3O2+. The Labute approximate surface area is 159 Å². The van der Waals surface area contributed by atoms with Gasteiger partial charge in [0.2, 0.25) is 0 Å². The van der Waals surface area contributed by atoms with Crippen LogP contribution in [0.5, 0.6) is 5.75 Å². The van der Waals surface area contributed by atoms with Crippen LogP contribution in [0.1, 0.15) is 12.5 Å². The molecule has 0 bridgehead atoms. The second-order valence-electron chi connectivity index (χ2n) is 6.88. The highest BCUT2D eigenvalue weighted by Gasteiger charge is 2.29. The normalized spacial score (nSPS) is 16.0. The van der Waals surface area contributed by atoms with E-state index in [0.717, 1.165) is 43.2 Å². The van der Waals surface area contributed by atoms with E-state index in [0.29, 0.717) is 6.54 Å². The zero-order valence-corrected chi connectivity index (χ0v) is 15.9. The second-order valence-corrected chi connectivity index (χ2v) is 6.88. The van der Waals surface area contributed by atoms with E-state index in [2.05, 4.69) is 16.3 Å². The number of anilines is 1. The Morgan fingerprint density at radius 1 is 1.19 bits per heavy atom. The Morgan fingerprint density at radius 2 is 1.85 bits per heavy atom. The third-order valence-electron chi connectivity index (χ3n) is 5.22. The second kappa shape index (κ2) is 8.86. The molecule has 0 spiro atoms. The molecule has 0 aromatic heterocycles. The Morgan fingerprint density at radius 3 is 2.52 bits per heavy atom. The largest absolute Gasteiger partial charge is 0.495 e. The van der Waals surface area contributed by atoms with Crippen LogP contribution in [0.25, 0.3) is 0 Å². The van der Waals surface area contributed by atoms with Crippen molar-refractivity contribution in [2.45, 2.75) is 19.5 Å². The zero-order chi connectivity index (χ0) is 19.2. The number of nitrogens with one attached hydrogen (secondary N) is 2. The molecule has 0 aliphatic carbocycles. The molecule has 144 valence electrons. The fourth-order valence-electron chi connectivity index (χ4n) is 3.49. The maximum atomic E-state index is 13.0. The van der Waals surface area contributed by atoms with Gasteiger partial charge in [0.15, 0.2) is 6.04 Å². The molecule has 3 rings (SSSR count). The molecule has 2 aromatic rings. The molecule has 2 N–H and O–H groups in total. The molecule has 1 aliphatic heterocycles. The van der Waals surface area contributed by atoms with Crippen LogP contribution < -0.4 is 19.9 Å². The summed E-state index contributed by atoms with van der Waals surface area (Å²) in [7, 11) is 1.69. The summed E-state index contributed by atoms with van der Waals surface area (Å²) in [6.45, 7) is 5.93. The summed E-state index contributed by atoms with van der Waals surface area (Å²) >= 11 is 0. The molecule has 1 saturated heterocycles.